The molecule has 1 saturated heterocycles. The van der Waals surface area contributed by atoms with Crippen LogP contribution in [-0.4, -0.2) is 53.4 Å². The Bertz CT molecular complexity index is 902. The SMILES string of the molecule is O=C(CN1CCN(Cc2nc3ccccc3s2)CC1)NCc1ccc(F)cc1. The average Bonchev–Trinajstić information content (AvgIpc) is 3.11. The van der Waals surface area contributed by atoms with Crippen LogP contribution in [0, 0.1) is 5.82 Å². The Morgan fingerprint density at radius 1 is 1.04 bits per heavy atom. The third kappa shape index (κ3) is 4.92. The maximum atomic E-state index is 12.9. The molecule has 0 bridgehead atoms. The van der Waals surface area contributed by atoms with E-state index in [1.165, 1.54) is 16.8 Å². The number of hydrogen-bond donors (Lipinski definition) is 1. The number of nitrogens with one attached hydrogen (secondary N) is 1. The number of amides is 1. The van der Waals surface area contributed by atoms with Gasteiger partial charge in [0, 0.05) is 32.7 Å². The zero-order valence-corrected chi connectivity index (χ0v) is 16.4. The molecule has 2 aromatic carbocycles. The van der Waals surface area contributed by atoms with Crippen LogP contribution in [0.15, 0.2) is 48.5 Å². The molecular formula is C21H23FN4OS. The van der Waals surface area contributed by atoms with E-state index >= 15 is 0 Å². The Labute approximate surface area is 167 Å². The van der Waals surface area contributed by atoms with Gasteiger partial charge < -0.3 is 5.32 Å². The summed E-state index contributed by atoms with van der Waals surface area (Å²) in [5.41, 5.74) is 1.97. The highest BCUT2D eigenvalue weighted by atomic mass is 32.1. The van der Waals surface area contributed by atoms with Gasteiger partial charge in [0.2, 0.25) is 5.91 Å². The van der Waals surface area contributed by atoms with E-state index in [-0.39, 0.29) is 11.7 Å². The summed E-state index contributed by atoms with van der Waals surface area (Å²) >= 11 is 1.75. The molecule has 1 aromatic heterocycles. The van der Waals surface area contributed by atoms with Gasteiger partial charge >= 0.3 is 0 Å². The lowest BCUT2D eigenvalue weighted by molar-refractivity contribution is -0.122. The molecular weight excluding hydrogens is 375 g/mol. The lowest BCUT2D eigenvalue weighted by atomic mass is 10.2. The minimum atomic E-state index is -0.265. The highest BCUT2D eigenvalue weighted by molar-refractivity contribution is 7.18. The molecule has 28 heavy (non-hydrogen) atoms. The summed E-state index contributed by atoms with van der Waals surface area (Å²) < 4.78 is 14.1. The van der Waals surface area contributed by atoms with Crippen molar-refractivity contribution in [1.82, 2.24) is 20.1 Å². The number of carbonyl (C=O) groups is 1. The van der Waals surface area contributed by atoms with E-state index in [2.05, 4.69) is 27.2 Å². The quantitative estimate of drug-likeness (QED) is 0.694. The predicted molar refractivity (Wildman–Crippen MR) is 110 cm³/mol. The van der Waals surface area contributed by atoms with Crippen LogP contribution >= 0.6 is 11.3 Å². The fourth-order valence-corrected chi connectivity index (χ4v) is 4.36. The van der Waals surface area contributed by atoms with Gasteiger partial charge in [0.25, 0.3) is 0 Å². The smallest absolute Gasteiger partial charge is 0.234 e. The molecule has 0 spiro atoms. The predicted octanol–water partition coefficient (Wildman–Crippen LogP) is 2.87. The molecule has 5 nitrogen and oxygen atoms in total. The largest absolute Gasteiger partial charge is 0.351 e. The Balaban J connectivity index is 1.20. The number of hydrogen-bond acceptors (Lipinski definition) is 5. The maximum absolute atomic E-state index is 12.9. The number of halogens is 1. The Hall–Kier alpha value is -2.35. The van der Waals surface area contributed by atoms with Crippen molar-refractivity contribution in [2.45, 2.75) is 13.1 Å². The molecule has 0 saturated carbocycles. The summed E-state index contributed by atoms with van der Waals surface area (Å²) in [5.74, 6) is -0.261. The van der Waals surface area contributed by atoms with E-state index in [1.807, 2.05) is 12.1 Å². The summed E-state index contributed by atoms with van der Waals surface area (Å²) in [5, 5.41) is 4.05. The topological polar surface area (TPSA) is 48.5 Å². The van der Waals surface area contributed by atoms with Crippen molar-refractivity contribution < 1.29 is 9.18 Å². The molecule has 1 N–H and O–H groups in total. The Morgan fingerprint density at radius 3 is 2.50 bits per heavy atom. The summed E-state index contributed by atoms with van der Waals surface area (Å²) in [6.45, 7) is 5.29. The van der Waals surface area contributed by atoms with Crippen LogP contribution in [0.2, 0.25) is 0 Å². The van der Waals surface area contributed by atoms with Crippen LogP contribution < -0.4 is 5.32 Å². The van der Waals surface area contributed by atoms with Gasteiger partial charge in [-0.05, 0) is 29.8 Å². The minimum absolute atomic E-state index is 0.00366. The van der Waals surface area contributed by atoms with E-state index in [9.17, 15) is 9.18 Å². The second kappa shape index (κ2) is 8.77. The molecule has 0 radical (unpaired) electrons. The van der Waals surface area contributed by atoms with Crippen molar-refractivity contribution >= 4 is 27.5 Å². The summed E-state index contributed by atoms with van der Waals surface area (Å²) in [4.78, 5) is 21.5. The number of para-hydroxylation sites is 1. The van der Waals surface area contributed by atoms with Crippen molar-refractivity contribution in [2.75, 3.05) is 32.7 Å². The van der Waals surface area contributed by atoms with E-state index < -0.39 is 0 Å². The molecule has 2 heterocycles. The highest BCUT2D eigenvalue weighted by Gasteiger charge is 2.20. The Morgan fingerprint density at radius 2 is 1.75 bits per heavy atom. The van der Waals surface area contributed by atoms with E-state index in [0.717, 1.165) is 48.8 Å². The van der Waals surface area contributed by atoms with Crippen LogP contribution in [0.25, 0.3) is 10.2 Å². The number of piperazine rings is 1. The number of benzene rings is 2. The number of nitrogens with zero attached hydrogens (tertiary/aromatic N) is 3. The van der Waals surface area contributed by atoms with E-state index in [0.29, 0.717) is 13.1 Å². The van der Waals surface area contributed by atoms with Gasteiger partial charge in [0.05, 0.1) is 23.3 Å². The zero-order chi connectivity index (χ0) is 19.3. The number of fused-ring (bicyclic) bond motifs is 1. The molecule has 0 atom stereocenters. The first-order valence-corrected chi connectivity index (χ1v) is 10.3. The molecule has 1 amide bonds. The van der Waals surface area contributed by atoms with Crippen molar-refractivity contribution in [3.63, 3.8) is 0 Å². The van der Waals surface area contributed by atoms with Crippen molar-refractivity contribution in [2.24, 2.45) is 0 Å². The highest BCUT2D eigenvalue weighted by Crippen LogP contribution is 2.22. The fourth-order valence-electron chi connectivity index (χ4n) is 3.35. The third-order valence-corrected chi connectivity index (χ3v) is 5.95. The average molecular weight is 399 g/mol. The summed E-state index contributed by atoms with van der Waals surface area (Å²) in [6, 6.07) is 14.4. The van der Waals surface area contributed by atoms with Gasteiger partial charge in [0.1, 0.15) is 10.8 Å². The van der Waals surface area contributed by atoms with Crippen LogP contribution in [0.4, 0.5) is 4.39 Å². The molecule has 1 aliphatic rings. The van der Waals surface area contributed by atoms with Crippen LogP contribution in [0.1, 0.15) is 10.6 Å². The van der Waals surface area contributed by atoms with Crippen LogP contribution in [0.3, 0.4) is 0 Å². The lowest BCUT2D eigenvalue weighted by Gasteiger charge is -2.33. The summed E-state index contributed by atoms with van der Waals surface area (Å²) in [6.07, 6.45) is 0. The van der Waals surface area contributed by atoms with Crippen molar-refractivity contribution in [3.8, 4) is 0 Å². The standard InChI is InChI=1S/C21H23FN4OS/c22-17-7-5-16(6-8-17)13-23-20(27)14-25-9-11-26(12-10-25)15-21-24-18-3-1-2-4-19(18)28-21/h1-8H,9-15H2,(H,23,27). The fraction of sp³-hybridized carbons (Fsp3) is 0.333. The Kier molecular flexibility index (Phi) is 5.95. The monoisotopic (exact) mass is 398 g/mol. The zero-order valence-electron chi connectivity index (χ0n) is 15.6. The van der Waals surface area contributed by atoms with Gasteiger partial charge in [-0.25, -0.2) is 9.37 Å². The van der Waals surface area contributed by atoms with Gasteiger partial charge in [0.15, 0.2) is 0 Å². The molecule has 7 heteroatoms. The second-order valence-corrected chi connectivity index (χ2v) is 8.15. The molecule has 146 valence electrons. The van der Waals surface area contributed by atoms with Crippen LogP contribution in [-0.2, 0) is 17.9 Å². The van der Waals surface area contributed by atoms with E-state index in [4.69, 9.17) is 4.98 Å². The molecule has 3 aromatic rings. The number of carbonyl (C=O) groups excluding carboxylic acids is 1. The van der Waals surface area contributed by atoms with Crippen molar-refractivity contribution in [1.29, 1.82) is 0 Å². The second-order valence-electron chi connectivity index (χ2n) is 7.03. The molecule has 0 unspecified atom stereocenters. The molecule has 1 fully saturated rings. The summed E-state index contributed by atoms with van der Waals surface area (Å²) in [7, 11) is 0. The first kappa shape index (κ1) is 19.0. The van der Waals surface area contributed by atoms with Crippen LogP contribution in [0.5, 0.6) is 0 Å². The van der Waals surface area contributed by atoms with Gasteiger partial charge in [-0.2, -0.15) is 0 Å². The van der Waals surface area contributed by atoms with Gasteiger partial charge in [-0.15, -0.1) is 11.3 Å². The first-order chi connectivity index (χ1) is 13.7. The first-order valence-electron chi connectivity index (χ1n) is 9.46. The number of thiazole rings is 1. The minimum Gasteiger partial charge on any atom is -0.351 e. The van der Waals surface area contributed by atoms with Gasteiger partial charge in [-0.1, -0.05) is 24.3 Å². The molecule has 1 aliphatic heterocycles. The van der Waals surface area contributed by atoms with Gasteiger partial charge in [-0.3, -0.25) is 14.6 Å². The normalized spacial score (nSPS) is 15.8. The van der Waals surface area contributed by atoms with E-state index in [1.54, 1.807) is 23.5 Å². The maximum Gasteiger partial charge on any atom is 0.234 e. The number of aromatic nitrogens is 1. The molecule has 0 aliphatic carbocycles. The third-order valence-electron chi connectivity index (χ3n) is 4.93. The molecule has 4 rings (SSSR count). The van der Waals surface area contributed by atoms with Crippen molar-refractivity contribution in [3.05, 3.63) is 64.9 Å². The number of rotatable bonds is 6. The lowest BCUT2D eigenvalue weighted by Crippen LogP contribution is -2.49.